The molecule has 0 spiro atoms. The number of fused-ring (bicyclic) bond motifs is 1. The number of nitrogens with zero attached hydrogens (tertiary/aromatic N) is 2. The van der Waals surface area contributed by atoms with Crippen molar-refractivity contribution in [1.29, 1.82) is 0 Å². The van der Waals surface area contributed by atoms with E-state index in [1.165, 1.54) is 12.7 Å². The number of likely N-dealkylation sites (tertiary alicyclic amines) is 2. The molecule has 2 saturated heterocycles. The SMILES string of the molecule is C=CC[C@]12CN(Cc3ccccc3)[C@H]1CN(C(=O)OC(C)(C)C)[C@@H]2C(=O)OC. The first kappa shape index (κ1) is 20.4. The molecule has 0 bridgehead atoms. The van der Waals surface area contributed by atoms with Gasteiger partial charge in [-0.25, -0.2) is 9.59 Å². The van der Waals surface area contributed by atoms with E-state index in [2.05, 4.69) is 23.6 Å². The van der Waals surface area contributed by atoms with Gasteiger partial charge in [0, 0.05) is 31.1 Å². The summed E-state index contributed by atoms with van der Waals surface area (Å²) in [5, 5.41) is 0. The van der Waals surface area contributed by atoms with Gasteiger partial charge in [-0.3, -0.25) is 9.80 Å². The van der Waals surface area contributed by atoms with Gasteiger partial charge in [-0.15, -0.1) is 6.58 Å². The zero-order valence-corrected chi connectivity index (χ0v) is 17.2. The number of amides is 1. The first-order chi connectivity index (χ1) is 13.2. The molecule has 6 nitrogen and oxygen atoms in total. The highest BCUT2D eigenvalue weighted by Gasteiger charge is 2.66. The van der Waals surface area contributed by atoms with Crippen LogP contribution in [0.2, 0.25) is 0 Å². The first-order valence-electron chi connectivity index (χ1n) is 9.68. The minimum atomic E-state index is -0.664. The van der Waals surface area contributed by atoms with Crippen molar-refractivity contribution in [3.05, 3.63) is 48.6 Å². The number of allylic oxidation sites excluding steroid dienone is 1. The molecule has 6 heteroatoms. The second-order valence-corrected chi connectivity index (χ2v) is 8.69. The van der Waals surface area contributed by atoms with Gasteiger partial charge in [0.15, 0.2) is 0 Å². The molecule has 2 fully saturated rings. The summed E-state index contributed by atoms with van der Waals surface area (Å²) >= 11 is 0. The van der Waals surface area contributed by atoms with Crippen molar-refractivity contribution in [2.45, 2.75) is 51.4 Å². The molecule has 1 amide bonds. The summed E-state index contributed by atoms with van der Waals surface area (Å²) in [6, 6.07) is 9.60. The smallest absolute Gasteiger partial charge is 0.411 e. The highest BCUT2D eigenvalue weighted by Crippen LogP contribution is 2.52. The average Bonchev–Trinajstić information content (AvgIpc) is 2.88. The van der Waals surface area contributed by atoms with Crippen LogP contribution in [0.15, 0.2) is 43.0 Å². The normalized spacial score (nSPS) is 26.9. The summed E-state index contributed by atoms with van der Waals surface area (Å²) in [6.45, 7) is 11.3. The Kier molecular flexibility index (Phi) is 5.53. The van der Waals surface area contributed by atoms with Crippen molar-refractivity contribution in [2.75, 3.05) is 20.2 Å². The second kappa shape index (κ2) is 7.59. The van der Waals surface area contributed by atoms with Gasteiger partial charge in [0.2, 0.25) is 0 Å². The molecule has 2 aliphatic heterocycles. The molecule has 152 valence electrons. The second-order valence-electron chi connectivity index (χ2n) is 8.69. The summed E-state index contributed by atoms with van der Waals surface area (Å²) in [6.07, 6.45) is 2.00. The van der Waals surface area contributed by atoms with Crippen LogP contribution in [-0.4, -0.2) is 59.7 Å². The van der Waals surface area contributed by atoms with E-state index in [1.807, 2.05) is 45.0 Å². The van der Waals surface area contributed by atoms with E-state index in [1.54, 1.807) is 4.90 Å². The monoisotopic (exact) mass is 386 g/mol. The third-order valence-corrected chi connectivity index (χ3v) is 5.63. The molecule has 1 aromatic carbocycles. The van der Waals surface area contributed by atoms with Crippen molar-refractivity contribution in [3.8, 4) is 0 Å². The van der Waals surface area contributed by atoms with E-state index in [4.69, 9.17) is 9.47 Å². The van der Waals surface area contributed by atoms with Gasteiger partial charge in [0.05, 0.1) is 7.11 Å². The number of esters is 1. The van der Waals surface area contributed by atoms with Crippen LogP contribution in [-0.2, 0) is 20.8 Å². The van der Waals surface area contributed by atoms with Crippen molar-refractivity contribution < 1.29 is 19.1 Å². The minimum absolute atomic E-state index is 0.0577. The van der Waals surface area contributed by atoms with Gasteiger partial charge in [-0.2, -0.15) is 0 Å². The van der Waals surface area contributed by atoms with Gasteiger partial charge in [0.1, 0.15) is 11.6 Å². The lowest BCUT2D eigenvalue weighted by Crippen LogP contribution is -2.67. The largest absolute Gasteiger partial charge is 0.467 e. The highest BCUT2D eigenvalue weighted by molar-refractivity contribution is 5.84. The van der Waals surface area contributed by atoms with E-state index in [-0.39, 0.29) is 11.5 Å². The van der Waals surface area contributed by atoms with E-state index in [0.717, 1.165) is 6.54 Å². The molecule has 2 heterocycles. The van der Waals surface area contributed by atoms with Crippen LogP contribution in [0, 0.1) is 5.41 Å². The maximum atomic E-state index is 12.9. The van der Waals surface area contributed by atoms with Crippen LogP contribution >= 0.6 is 0 Å². The molecular weight excluding hydrogens is 356 g/mol. The van der Waals surface area contributed by atoms with E-state index in [0.29, 0.717) is 19.5 Å². The molecule has 0 radical (unpaired) electrons. The lowest BCUT2D eigenvalue weighted by molar-refractivity contribution is -0.155. The number of methoxy groups -OCH3 is 1. The minimum Gasteiger partial charge on any atom is -0.467 e. The number of benzene rings is 1. The fourth-order valence-corrected chi connectivity index (χ4v) is 4.55. The zero-order valence-electron chi connectivity index (χ0n) is 17.2. The number of rotatable bonds is 5. The highest BCUT2D eigenvalue weighted by atomic mass is 16.6. The molecule has 2 aliphatic rings. The van der Waals surface area contributed by atoms with Gasteiger partial charge >= 0.3 is 12.1 Å². The molecule has 3 atom stereocenters. The fourth-order valence-electron chi connectivity index (χ4n) is 4.55. The molecule has 0 saturated carbocycles. The van der Waals surface area contributed by atoms with Crippen LogP contribution in [0.1, 0.15) is 32.8 Å². The average molecular weight is 386 g/mol. The van der Waals surface area contributed by atoms with E-state index in [9.17, 15) is 9.59 Å². The Morgan fingerprint density at radius 2 is 1.96 bits per heavy atom. The van der Waals surface area contributed by atoms with Crippen LogP contribution in [0.25, 0.3) is 0 Å². The third kappa shape index (κ3) is 3.65. The number of ether oxygens (including phenoxy) is 2. The van der Waals surface area contributed by atoms with Crippen molar-refractivity contribution in [1.82, 2.24) is 9.80 Å². The zero-order chi connectivity index (χ0) is 20.5. The van der Waals surface area contributed by atoms with Gasteiger partial charge in [-0.05, 0) is 32.8 Å². The Hall–Kier alpha value is -2.34. The Balaban J connectivity index is 1.88. The van der Waals surface area contributed by atoms with Crippen LogP contribution in [0.3, 0.4) is 0 Å². The van der Waals surface area contributed by atoms with Gasteiger partial charge in [0.25, 0.3) is 0 Å². The molecular formula is C22H30N2O4. The summed E-state index contributed by atoms with van der Waals surface area (Å²) < 4.78 is 10.7. The Labute approximate surface area is 167 Å². The molecule has 0 N–H and O–H groups in total. The maximum absolute atomic E-state index is 12.9. The van der Waals surface area contributed by atoms with Gasteiger partial charge in [-0.1, -0.05) is 36.4 Å². The Morgan fingerprint density at radius 1 is 1.29 bits per heavy atom. The Morgan fingerprint density at radius 3 is 2.54 bits per heavy atom. The summed E-state index contributed by atoms with van der Waals surface area (Å²) in [5.74, 6) is -0.394. The number of hydrogen-bond acceptors (Lipinski definition) is 5. The summed E-state index contributed by atoms with van der Waals surface area (Å²) in [7, 11) is 1.37. The van der Waals surface area contributed by atoms with Crippen molar-refractivity contribution in [2.24, 2.45) is 5.41 Å². The number of hydrogen-bond donors (Lipinski definition) is 0. The molecule has 28 heavy (non-hydrogen) atoms. The molecule has 3 rings (SSSR count). The Bertz CT molecular complexity index is 743. The van der Waals surface area contributed by atoms with Crippen molar-refractivity contribution in [3.63, 3.8) is 0 Å². The number of carbonyl (C=O) groups is 2. The quantitative estimate of drug-likeness (QED) is 0.574. The third-order valence-electron chi connectivity index (χ3n) is 5.63. The summed E-state index contributed by atoms with van der Waals surface area (Å²) in [5.41, 5.74) is 0.190. The molecule has 0 aromatic heterocycles. The first-order valence-corrected chi connectivity index (χ1v) is 9.68. The van der Waals surface area contributed by atoms with Crippen LogP contribution < -0.4 is 0 Å². The summed E-state index contributed by atoms with van der Waals surface area (Å²) in [4.78, 5) is 29.4. The van der Waals surface area contributed by atoms with Crippen LogP contribution in [0.4, 0.5) is 4.79 Å². The lowest BCUT2D eigenvalue weighted by Gasteiger charge is -2.54. The van der Waals surface area contributed by atoms with Crippen LogP contribution in [0.5, 0.6) is 0 Å². The predicted molar refractivity (Wildman–Crippen MR) is 107 cm³/mol. The molecule has 0 unspecified atom stereocenters. The fraction of sp³-hybridized carbons (Fsp3) is 0.545. The number of carbonyl (C=O) groups excluding carboxylic acids is 2. The molecule has 1 aromatic rings. The van der Waals surface area contributed by atoms with Crippen molar-refractivity contribution >= 4 is 12.1 Å². The predicted octanol–water partition coefficient (Wildman–Crippen LogP) is 3.23. The van der Waals surface area contributed by atoms with E-state index < -0.39 is 23.7 Å². The maximum Gasteiger partial charge on any atom is 0.411 e. The standard InChI is InChI=1S/C22H30N2O4/c1-6-12-22-15-23(13-16-10-8-7-9-11-16)17(22)14-24(18(22)19(25)27-5)20(26)28-21(2,3)4/h6-11,17-18H,1,12-15H2,2-5H3/t17-,18+,22-/m0/s1. The lowest BCUT2D eigenvalue weighted by atomic mass is 9.66. The topological polar surface area (TPSA) is 59.1 Å². The molecule has 0 aliphatic carbocycles. The van der Waals surface area contributed by atoms with E-state index >= 15 is 0 Å². The van der Waals surface area contributed by atoms with Gasteiger partial charge < -0.3 is 9.47 Å².